The predicted molar refractivity (Wildman–Crippen MR) is 100 cm³/mol. The Kier molecular flexibility index (Phi) is 5.97. The summed E-state index contributed by atoms with van der Waals surface area (Å²) in [5.74, 6) is 1.60. The molecule has 0 saturated carbocycles. The van der Waals surface area contributed by atoms with Crippen molar-refractivity contribution < 1.29 is 9.47 Å². The van der Waals surface area contributed by atoms with Gasteiger partial charge in [-0.25, -0.2) is 0 Å². The fourth-order valence-electron chi connectivity index (χ4n) is 3.30. The van der Waals surface area contributed by atoms with Crippen LogP contribution in [0.15, 0.2) is 36.4 Å². The lowest BCUT2D eigenvalue weighted by Gasteiger charge is -2.35. The average molecular weight is 349 g/mol. The van der Waals surface area contributed by atoms with Crippen LogP contribution < -0.4 is 15.2 Å². The highest BCUT2D eigenvalue weighted by molar-refractivity contribution is 5.85. The lowest BCUT2D eigenvalue weighted by molar-refractivity contribution is 0.228. The van der Waals surface area contributed by atoms with Gasteiger partial charge < -0.3 is 15.2 Å². The highest BCUT2D eigenvalue weighted by Crippen LogP contribution is 2.38. The van der Waals surface area contributed by atoms with Crippen molar-refractivity contribution in [3.8, 4) is 11.5 Å². The molecule has 0 amide bonds. The van der Waals surface area contributed by atoms with Crippen molar-refractivity contribution >= 4 is 18.1 Å². The fourth-order valence-corrected chi connectivity index (χ4v) is 3.30. The maximum atomic E-state index is 5.79. The number of halogens is 1. The van der Waals surface area contributed by atoms with E-state index in [9.17, 15) is 0 Å². The maximum Gasteiger partial charge on any atom is 0.161 e. The summed E-state index contributed by atoms with van der Waals surface area (Å²) < 4.78 is 10.9. The van der Waals surface area contributed by atoms with Gasteiger partial charge in [0.15, 0.2) is 11.5 Å². The van der Waals surface area contributed by atoms with Crippen molar-refractivity contribution in [2.24, 2.45) is 0 Å². The van der Waals surface area contributed by atoms with Crippen molar-refractivity contribution in [2.45, 2.75) is 18.9 Å². The molecule has 5 heteroatoms. The Morgan fingerprint density at radius 2 is 1.71 bits per heavy atom. The molecular weight excluding hydrogens is 324 g/mol. The molecule has 1 heterocycles. The number of fused-ring (bicyclic) bond motifs is 1. The van der Waals surface area contributed by atoms with E-state index in [1.165, 1.54) is 16.7 Å². The molecule has 0 aromatic heterocycles. The molecule has 4 nitrogen and oxygen atoms in total. The first-order valence-electron chi connectivity index (χ1n) is 7.92. The Hall–Kier alpha value is -1.91. The van der Waals surface area contributed by atoms with E-state index in [4.69, 9.17) is 15.2 Å². The molecule has 1 unspecified atom stereocenters. The summed E-state index contributed by atoms with van der Waals surface area (Å²) in [5.41, 5.74) is 10.6. The van der Waals surface area contributed by atoms with E-state index in [-0.39, 0.29) is 12.4 Å². The number of nitrogen functional groups attached to an aromatic ring is 1. The third kappa shape index (κ3) is 3.60. The number of ether oxygens (including phenoxy) is 2. The SMILES string of the molecule is COc1cc2c(cc1OC)C(Cc1ccc(N)cc1)N(C)CC2.Cl. The molecule has 24 heavy (non-hydrogen) atoms. The van der Waals surface area contributed by atoms with Gasteiger partial charge in [0.2, 0.25) is 0 Å². The Morgan fingerprint density at radius 3 is 2.33 bits per heavy atom. The third-order valence-electron chi connectivity index (χ3n) is 4.68. The Morgan fingerprint density at radius 1 is 1.08 bits per heavy atom. The topological polar surface area (TPSA) is 47.7 Å². The first-order valence-corrected chi connectivity index (χ1v) is 7.92. The van der Waals surface area contributed by atoms with E-state index < -0.39 is 0 Å². The smallest absolute Gasteiger partial charge is 0.161 e. The summed E-state index contributed by atoms with van der Waals surface area (Å²) in [6, 6.07) is 12.7. The molecule has 2 N–H and O–H groups in total. The molecule has 0 bridgehead atoms. The molecule has 3 rings (SSSR count). The van der Waals surface area contributed by atoms with Crippen molar-refractivity contribution in [3.05, 3.63) is 53.1 Å². The second-order valence-electron chi connectivity index (χ2n) is 6.10. The zero-order valence-corrected chi connectivity index (χ0v) is 15.2. The van der Waals surface area contributed by atoms with Crippen molar-refractivity contribution in [2.75, 3.05) is 33.5 Å². The van der Waals surface area contributed by atoms with Crippen LogP contribution in [0.25, 0.3) is 0 Å². The molecule has 1 atom stereocenters. The number of benzene rings is 2. The predicted octanol–water partition coefficient (Wildman–Crippen LogP) is 3.48. The lowest BCUT2D eigenvalue weighted by atomic mass is 9.88. The van der Waals surface area contributed by atoms with Gasteiger partial charge in [0.25, 0.3) is 0 Å². The van der Waals surface area contributed by atoms with Gasteiger partial charge in [0, 0.05) is 18.3 Å². The molecule has 0 saturated heterocycles. The summed E-state index contributed by atoms with van der Waals surface area (Å²) in [6.45, 7) is 1.04. The number of nitrogens with two attached hydrogens (primary N) is 1. The monoisotopic (exact) mass is 348 g/mol. The summed E-state index contributed by atoms with van der Waals surface area (Å²) in [5, 5.41) is 0. The Balaban J connectivity index is 0.00000208. The summed E-state index contributed by atoms with van der Waals surface area (Å²) in [6.07, 6.45) is 1.99. The van der Waals surface area contributed by atoms with Gasteiger partial charge in [-0.2, -0.15) is 0 Å². The van der Waals surface area contributed by atoms with Crippen LogP contribution in [-0.2, 0) is 12.8 Å². The number of nitrogens with zero attached hydrogens (tertiary/aromatic N) is 1. The number of hydrogen-bond donors (Lipinski definition) is 1. The van der Waals surface area contributed by atoms with E-state index in [2.05, 4.69) is 36.2 Å². The molecular formula is C19H25ClN2O2. The first-order chi connectivity index (χ1) is 11.1. The molecule has 2 aromatic carbocycles. The fraction of sp³-hybridized carbons (Fsp3) is 0.368. The Bertz CT molecular complexity index is 689. The second-order valence-corrected chi connectivity index (χ2v) is 6.10. The standard InChI is InChI=1S/C19H24N2O2.ClH/c1-21-9-8-14-11-18(22-2)19(23-3)12-16(14)17(21)10-13-4-6-15(20)7-5-13;/h4-7,11-12,17H,8-10,20H2,1-3H3;1H. The molecule has 1 aliphatic heterocycles. The largest absolute Gasteiger partial charge is 0.493 e. The maximum absolute atomic E-state index is 5.79. The number of hydrogen-bond acceptors (Lipinski definition) is 4. The van der Waals surface area contributed by atoms with Crippen molar-refractivity contribution in [1.82, 2.24) is 4.90 Å². The van der Waals surface area contributed by atoms with Crippen LogP contribution in [0.4, 0.5) is 5.69 Å². The average Bonchev–Trinajstić information content (AvgIpc) is 2.58. The first kappa shape index (κ1) is 18.4. The van der Waals surface area contributed by atoms with Crippen molar-refractivity contribution in [3.63, 3.8) is 0 Å². The molecule has 2 aromatic rings. The normalized spacial score (nSPS) is 16.9. The number of anilines is 1. The van der Waals surface area contributed by atoms with E-state index in [1.807, 2.05) is 12.1 Å². The van der Waals surface area contributed by atoms with Crippen LogP contribution in [-0.4, -0.2) is 32.7 Å². The van der Waals surface area contributed by atoms with E-state index >= 15 is 0 Å². The van der Waals surface area contributed by atoms with Crippen LogP contribution in [0.5, 0.6) is 11.5 Å². The van der Waals surface area contributed by atoms with Crippen LogP contribution in [0.1, 0.15) is 22.7 Å². The molecule has 1 aliphatic rings. The number of rotatable bonds is 4. The summed E-state index contributed by atoms with van der Waals surface area (Å²) in [7, 11) is 5.55. The van der Waals surface area contributed by atoms with E-state index in [1.54, 1.807) is 14.2 Å². The highest BCUT2D eigenvalue weighted by Gasteiger charge is 2.26. The minimum Gasteiger partial charge on any atom is -0.493 e. The van der Waals surface area contributed by atoms with E-state index in [0.29, 0.717) is 6.04 Å². The summed E-state index contributed by atoms with van der Waals surface area (Å²) in [4.78, 5) is 2.41. The van der Waals surface area contributed by atoms with Gasteiger partial charge in [0.05, 0.1) is 14.2 Å². The van der Waals surface area contributed by atoms with Gasteiger partial charge in [-0.05, 0) is 60.8 Å². The zero-order chi connectivity index (χ0) is 16.4. The molecule has 0 fully saturated rings. The quantitative estimate of drug-likeness (QED) is 0.859. The van der Waals surface area contributed by atoms with Crippen LogP contribution >= 0.6 is 12.4 Å². The van der Waals surface area contributed by atoms with Crippen molar-refractivity contribution in [1.29, 1.82) is 0 Å². The Labute approximate surface area is 150 Å². The van der Waals surface area contributed by atoms with Gasteiger partial charge >= 0.3 is 0 Å². The number of methoxy groups -OCH3 is 2. The highest BCUT2D eigenvalue weighted by atomic mass is 35.5. The van der Waals surface area contributed by atoms with Gasteiger partial charge in [-0.3, -0.25) is 4.90 Å². The number of likely N-dealkylation sites (N-methyl/N-ethyl adjacent to an activating group) is 1. The third-order valence-corrected chi connectivity index (χ3v) is 4.68. The van der Waals surface area contributed by atoms with Gasteiger partial charge in [-0.1, -0.05) is 12.1 Å². The van der Waals surface area contributed by atoms with Gasteiger partial charge in [0.1, 0.15) is 0 Å². The van der Waals surface area contributed by atoms with Crippen LogP contribution in [0.3, 0.4) is 0 Å². The van der Waals surface area contributed by atoms with Crippen LogP contribution in [0.2, 0.25) is 0 Å². The summed E-state index contributed by atoms with van der Waals surface area (Å²) >= 11 is 0. The molecule has 0 spiro atoms. The molecule has 130 valence electrons. The minimum atomic E-state index is 0. The second kappa shape index (κ2) is 7.77. The minimum absolute atomic E-state index is 0. The van der Waals surface area contributed by atoms with Crippen LogP contribution in [0, 0.1) is 0 Å². The molecule has 0 aliphatic carbocycles. The van der Waals surface area contributed by atoms with E-state index in [0.717, 1.165) is 36.6 Å². The van der Waals surface area contributed by atoms with Gasteiger partial charge in [-0.15, -0.1) is 12.4 Å². The molecule has 0 radical (unpaired) electrons. The lowest BCUT2D eigenvalue weighted by Crippen LogP contribution is -2.33. The zero-order valence-electron chi connectivity index (χ0n) is 14.4.